The van der Waals surface area contributed by atoms with Crippen LogP contribution in [0, 0.1) is 0 Å². The molecule has 1 heterocycles. The molecular formula is C4H7NSW. The van der Waals surface area contributed by atoms with Gasteiger partial charge in [-0.05, 0) is 0 Å². The van der Waals surface area contributed by atoms with Gasteiger partial charge in [0.05, 0.1) is 0 Å². The van der Waals surface area contributed by atoms with Crippen LogP contribution in [0.2, 0.25) is 0 Å². The van der Waals surface area contributed by atoms with Crippen molar-refractivity contribution >= 4 is 15.1 Å². The monoisotopic (exact) mass is 285 g/mol. The van der Waals surface area contributed by atoms with E-state index in [-0.39, 0.29) is 0 Å². The summed E-state index contributed by atoms with van der Waals surface area (Å²) in [6, 6.07) is 0. The van der Waals surface area contributed by atoms with Crippen molar-refractivity contribution in [1.29, 1.82) is 0 Å². The average Bonchev–Trinajstić information content (AvgIpc) is 1.69. The molecule has 0 aromatic heterocycles. The van der Waals surface area contributed by atoms with E-state index in [1.54, 1.807) is 19.4 Å². The van der Waals surface area contributed by atoms with Gasteiger partial charge in [0.25, 0.3) is 0 Å². The molecular weight excluding hydrogens is 278 g/mol. The standard InChI is InChI=1S/C4H7NS.W/c1-2-5-4-6-3-1;/h5H,1-3H2;. The second-order valence-corrected chi connectivity index (χ2v) is 5.01. The molecule has 0 bridgehead atoms. The summed E-state index contributed by atoms with van der Waals surface area (Å²) in [5, 5.41) is 3.30. The van der Waals surface area contributed by atoms with E-state index >= 15 is 0 Å². The van der Waals surface area contributed by atoms with Crippen LogP contribution in [-0.2, 0) is 19.4 Å². The van der Waals surface area contributed by atoms with Crippen molar-refractivity contribution in [2.45, 2.75) is 6.42 Å². The van der Waals surface area contributed by atoms with E-state index < -0.39 is 0 Å². The van der Waals surface area contributed by atoms with Crippen molar-refractivity contribution in [3.8, 4) is 0 Å². The van der Waals surface area contributed by atoms with Crippen molar-refractivity contribution in [1.82, 2.24) is 5.32 Å². The second-order valence-electron chi connectivity index (χ2n) is 1.42. The quantitative estimate of drug-likeness (QED) is 0.689. The van der Waals surface area contributed by atoms with E-state index in [2.05, 4.69) is 5.32 Å². The summed E-state index contributed by atoms with van der Waals surface area (Å²) in [6.45, 7) is 1.20. The minimum atomic E-state index is 1.20. The third-order valence-electron chi connectivity index (χ3n) is 0.824. The van der Waals surface area contributed by atoms with Gasteiger partial charge in [-0.1, -0.05) is 0 Å². The third-order valence-corrected chi connectivity index (χ3v) is 3.51. The Bertz CT molecular complexity index is 75.8. The zero-order chi connectivity index (χ0) is 5.11. The van der Waals surface area contributed by atoms with Crippen LogP contribution in [-0.4, -0.2) is 15.7 Å². The van der Waals surface area contributed by atoms with E-state index in [1.807, 2.05) is 11.8 Å². The Hall–Kier alpha value is 0.868. The fourth-order valence-corrected chi connectivity index (χ4v) is 2.42. The first kappa shape index (κ1) is 6.00. The second kappa shape index (κ2) is 3.01. The molecule has 1 N–H and O–H groups in total. The fourth-order valence-electron chi connectivity index (χ4n) is 0.479. The van der Waals surface area contributed by atoms with Gasteiger partial charge in [-0.25, -0.2) is 0 Å². The fraction of sp³-hybridized carbons (Fsp3) is 0.750. The van der Waals surface area contributed by atoms with Crippen LogP contribution < -0.4 is 5.32 Å². The van der Waals surface area contributed by atoms with Crippen LogP contribution in [0.25, 0.3) is 0 Å². The van der Waals surface area contributed by atoms with Gasteiger partial charge < -0.3 is 0 Å². The summed E-state index contributed by atoms with van der Waals surface area (Å²) < 4.78 is 1.46. The summed E-state index contributed by atoms with van der Waals surface area (Å²) in [5.41, 5.74) is 0. The molecule has 0 aliphatic carbocycles. The molecule has 0 radical (unpaired) electrons. The van der Waals surface area contributed by atoms with E-state index in [4.69, 9.17) is 0 Å². The number of hydrogen-bond donors (Lipinski definition) is 1. The molecule has 0 aromatic carbocycles. The van der Waals surface area contributed by atoms with Crippen LogP contribution >= 0.6 is 11.8 Å². The zero-order valence-corrected chi connectivity index (χ0v) is 7.69. The molecule has 1 fully saturated rings. The van der Waals surface area contributed by atoms with Gasteiger partial charge in [0, 0.05) is 0 Å². The SMILES string of the molecule is [W]=[C]1NCCCS1. The van der Waals surface area contributed by atoms with Crippen LogP contribution in [0.15, 0.2) is 0 Å². The molecule has 3 heteroatoms. The normalized spacial score (nSPS) is 22.6. The molecule has 40 valence electrons. The van der Waals surface area contributed by atoms with Crippen LogP contribution in [0.1, 0.15) is 6.42 Å². The van der Waals surface area contributed by atoms with Gasteiger partial charge in [-0.3, -0.25) is 0 Å². The molecule has 0 spiro atoms. The first-order valence-corrected chi connectivity index (χ1v) is 4.75. The summed E-state index contributed by atoms with van der Waals surface area (Å²) in [4.78, 5) is 0. The first-order chi connectivity index (χ1) is 3.39. The number of rotatable bonds is 0. The Kier molecular flexibility index (Phi) is 2.58. The van der Waals surface area contributed by atoms with Crippen LogP contribution in [0.3, 0.4) is 0 Å². The molecule has 7 heavy (non-hydrogen) atoms. The molecule has 1 aliphatic rings. The molecule has 0 amide bonds. The molecule has 0 atom stereocenters. The van der Waals surface area contributed by atoms with Crippen molar-refractivity contribution in [2.24, 2.45) is 0 Å². The van der Waals surface area contributed by atoms with Crippen molar-refractivity contribution in [2.75, 3.05) is 12.3 Å². The summed E-state index contributed by atoms with van der Waals surface area (Å²) in [5.74, 6) is 1.33. The Labute approximate surface area is 58.7 Å². The molecule has 1 aliphatic heterocycles. The van der Waals surface area contributed by atoms with Crippen molar-refractivity contribution in [3.63, 3.8) is 0 Å². The van der Waals surface area contributed by atoms with Gasteiger partial charge in [0.2, 0.25) is 0 Å². The van der Waals surface area contributed by atoms with Gasteiger partial charge in [-0.2, -0.15) is 0 Å². The number of hydrogen-bond acceptors (Lipinski definition) is 2. The average molecular weight is 285 g/mol. The summed E-state index contributed by atoms with van der Waals surface area (Å²) in [7, 11) is 0. The van der Waals surface area contributed by atoms with Crippen LogP contribution in [0.5, 0.6) is 0 Å². The zero-order valence-electron chi connectivity index (χ0n) is 3.94. The predicted molar refractivity (Wildman–Crippen MR) is 30.1 cm³/mol. The van der Waals surface area contributed by atoms with Crippen LogP contribution in [0.4, 0.5) is 0 Å². The van der Waals surface area contributed by atoms with Crippen molar-refractivity contribution < 1.29 is 19.4 Å². The third kappa shape index (κ3) is 2.07. The van der Waals surface area contributed by atoms with Gasteiger partial charge in [-0.15, -0.1) is 0 Å². The maximum absolute atomic E-state index is 3.30. The first-order valence-electron chi connectivity index (χ1n) is 2.30. The van der Waals surface area contributed by atoms with Gasteiger partial charge in [0.15, 0.2) is 0 Å². The van der Waals surface area contributed by atoms with E-state index in [9.17, 15) is 0 Å². The summed E-state index contributed by atoms with van der Waals surface area (Å²) >= 11 is 3.54. The molecule has 1 rings (SSSR count). The van der Waals surface area contributed by atoms with Gasteiger partial charge >= 0.3 is 58.5 Å². The number of thioether (sulfide) groups is 1. The Morgan fingerprint density at radius 3 is 2.86 bits per heavy atom. The minimum absolute atomic E-state index is 1.20. The molecule has 1 saturated heterocycles. The van der Waals surface area contributed by atoms with E-state index in [1.165, 1.54) is 22.1 Å². The summed E-state index contributed by atoms with van der Waals surface area (Å²) in [6.07, 6.45) is 1.33. The van der Waals surface area contributed by atoms with E-state index in [0.717, 1.165) is 0 Å². The molecule has 1 nitrogen and oxygen atoms in total. The predicted octanol–water partition coefficient (Wildman–Crippen LogP) is 0.347. The Morgan fingerprint density at radius 2 is 2.57 bits per heavy atom. The van der Waals surface area contributed by atoms with Crippen molar-refractivity contribution in [3.05, 3.63) is 0 Å². The molecule has 0 saturated carbocycles. The molecule has 0 unspecified atom stereocenters. The van der Waals surface area contributed by atoms with Gasteiger partial charge in [0.1, 0.15) is 0 Å². The number of nitrogens with one attached hydrogen (secondary N) is 1. The van der Waals surface area contributed by atoms with E-state index in [0.29, 0.717) is 0 Å². The Morgan fingerprint density at radius 1 is 1.71 bits per heavy atom. The maximum atomic E-state index is 3.30. The topological polar surface area (TPSA) is 12.0 Å². The Balaban J connectivity index is 2.25. The molecule has 0 aromatic rings.